The van der Waals surface area contributed by atoms with Gasteiger partial charge in [0.1, 0.15) is 5.82 Å². The van der Waals surface area contributed by atoms with Crippen LogP contribution in [-0.2, 0) is 17.8 Å². The average Bonchev–Trinajstić information content (AvgIpc) is 2.47. The van der Waals surface area contributed by atoms with Crippen molar-refractivity contribution in [2.75, 3.05) is 0 Å². The van der Waals surface area contributed by atoms with Crippen molar-refractivity contribution in [1.82, 2.24) is 5.32 Å². The molecule has 4 heteroatoms. The minimum Gasteiger partial charge on any atom is -0.352 e. The Morgan fingerprint density at radius 1 is 1.24 bits per heavy atom. The van der Waals surface area contributed by atoms with Crippen molar-refractivity contribution >= 4 is 17.5 Å². The summed E-state index contributed by atoms with van der Waals surface area (Å²) in [6.07, 6.45) is 0.950. The fourth-order valence-electron chi connectivity index (χ4n) is 1.98. The molecule has 1 amide bonds. The minimum absolute atomic E-state index is 0.0732. The summed E-state index contributed by atoms with van der Waals surface area (Å²) in [6, 6.07) is 12.4. The van der Waals surface area contributed by atoms with Gasteiger partial charge in [-0.1, -0.05) is 41.9 Å². The van der Waals surface area contributed by atoms with E-state index in [0.717, 1.165) is 11.1 Å². The summed E-state index contributed by atoms with van der Waals surface area (Å²) < 4.78 is 13.4. The number of rotatable bonds is 5. The maximum Gasteiger partial charge on any atom is 0.220 e. The molecule has 0 saturated carbocycles. The first-order chi connectivity index (χ1) is 10.1. The molecule has 0 aliphatic heterocycles. The number of benzene rings is 2. The highest BCUT2D eigenvalue weighted by Crippen LogP contribution is 2.16. The third-order valence-corrected chi connectivity index (χ3v) is 3.67. The van der Waals surface area contributed by atoms with Crippen molar-refractivity contribution in [2.45, 2.75) is 26.3 Å². The maximum absolute atomic E-state index is 13.4. The van der Waals surface area contributed by atoms with E-state index in [2.05, 4.69) is 5.32 Å². The molecule has 0 saturated heterocycles. The zero-order valence-corrected chi connectivity index (χ0v) is 12.6. The third-order valence-electron chi connectivity index (χ3n) is 3.31. The number of hydrogen-bond donors (Lipinski definition) is 1. The van der Waals surface area contributed by atoms with Crippen LogP contribution in [0, 0.1) is 12.7 Å². The highest BCUT2D eigenvalue weighted by atomic mass is 35.5. The van der Waals surface area contributed by atoms with Gasteiger partial charge in [0.05, 0.1) is 0 Å². The van der Waals surface area contributed by atoms with Gasteiger partial charge >= 0.3 is 0 Å². The molecule has 0 spiro atoms. The second-order valence-electron chi connectivity index (χ2n) is 4.95. The van der Waals surface area contributed by atoms with Gasteiger partial charge in [-0.25, -0.2) is 4.39 Å². The second kappa shape index (κ2) is 7.23. The van der Waals surface area contributed by atoms with Crippen LogP contribution in [0.25, 0.3) is 0 Å². The Morgan fingerprint density at radius 2 is 2.00 bits per heavy atom. The molecule has 110 valence electrons. The van der Waals surface area contributed by atoms with Gasteiger partial charge in [0.25, 0.3) is 0 Å². The molecule has 0 bridgehead atoms. The lowest BCUT2D eigenvalue weighted by Gasteiger charge is -2.07. The van der Waals surface area contributed by atoms with Crippen molar-refractivity contribution in [3.05, 3.63) is 70.0 Å². The third kappa shape index (κ3) is 4.57. The van der Waals surface area contributed by atoms with Crippen LogP contribution >= 0.6 is 11.6 Å². The summed E-state index contributed by atoms with van der Waals surface area (Å²) >= 11 is 6.04. The molecule has 0 aromatic heterocycles. The first-order valence-corrected chi connectivity index (χ1v) is 7.19. The number of nitrogens with one attached hydrogen (secondary N) is 1. The number of halogens is 2. The van der Waals surface area contributed by atoms with E-state index in [-0.39, 0.29) is 11.7 Å². The van der Waals surface area contributed by atoms with Crippen LogP contribution in [0.2, 0.25) is 5.02 Å². The molecule has 0 unspecified atom stereocenters. The van der Waals surface area contributed by atoms with Crippen LogP contribution in [-0.4, -0.2) is 5.91 Å². The summed E-state index contributed by atoms with van der Waals surface area (Å²) in [5.74, 6) is -0.325. The highest BCUT2D eigenvalue weighted by molar-refractivity contribution is 6.31. The maximum atomic E-state index is 13.4. The molecular weight excluding hydrogens is 289 g/mol. The number of carbonyl (C=O) groups excluding carboxylic acids is 1. The van der Waals surface area contributed by atoms with Gasteiger partial charge in [-0.3, -0.25) is 4.79 Å². The van der Waals surface area contributed by atoms with E-state index >= 15 is 0 Å². The van der Waals surface area contributed by atoms with Gasteiger partial charge in [-0.2, -0.15) is 0 Å². The molecule has 0 atom stereocenters. The highest BCUT2D eigenvalue weighted by Gasteiger charge is 2.05. The Bertz CT molecular complexity index is 642. The molecule has 1 N–H and O–H groups in total. The summed E-state index contributed by atoms with van der Waals surface area (Å²) in [4.78, 5) is 11.8. The quantitative estimate of drug-likeness (QED) is 0.887. The average molecular weight is 306 g/mol. The largest absolute Gasteiger partial charge is 0.352 e. The smallest absolute Gasteiger partial charge is 0.220 e. The van der Waals surface area contributed by atoms with Gasteiger partial charge in [0.15, 0.2) is 0 Å². The number of hydrogen-bond acceptors (Lipinski definition) is 1. The van der Waals surface area contributed by atoms with Crippen molar-refractivity contribution < 1.29 is 9.18 Å². The normalized spacial score (nSPS) is 10.4. The van der Waals surface area contributed by atoms with Crippen molar-refractivity contribution in [3.8, 4) is 0 Å². The molecule has 2 nitrogen and oxygen atoms in total. The van der Waals surface area contributed by atoms with Gasteiger partial charge in [-0.15, -0.1) is 0 Å². The topological polar surface area (TPSA) is 29.1 Å². The Kier molecular flexibility index (Phi) is 5.34. The molecule has 0 heterocycles. The summed E-state index contributed by atoms with van der Waals surface area (Å²) in [6.45, 7) is 2.04. The van der Waals surface area contributed by atoms with E-state index in [4.69, 9.17) is 11.6 Å². The van der Waals surface area contributed by atoms with Crippen molar-refractivity contribution in [1.29, 1.82) is 0 Å². The lowest BCUT2D eigenvalue weighted by molar-refractivity contribution is -0.121. The van der Waals surface area contributed by atoms with Crippen LogP contribution in [0.1, 0.15) is 23.1 Å². The van der Waals surface area contributed by atoms with Crippen LogP contribution in [0.15, 0.2) is 42.5 Å². The van der Waals surface area contributed by atoms with E-state index in [1.807, 2.05) is 30.3 Å². The lowest BCUT2D eigenvalue weighted by atomic mass is 10.1. The molecular formula is C17H17ClFNO. The number of amides is 1. The van der Waals surface area contributed by atoms with Crippen molar-refractivity contribution in [3.63, 3.8) is 0 Å². The molecule has 0 radical (unpaired) electrons. The molecule has 2 aromatic rings. The molecule has 0 fully saturated rings. The van der Waals surface area contributed by atoms with Gasteiger partial charge in [0, 0.05) is 18.0 Å². The van der Waals surface area contributed by atoms with Crippen LogP contribution in [0.5, 0.6) is 0 Å². The Morgan fingerprint density at radius 3 is 2.71 bits per heavy atom. The summed E-state index contributed by atoms with van der Waals surface area (Å²) in [7, 11) is 0. The van der Waals surface area contributed by atoms with E-state index in [1.165, 1.54) is 6.07 Å². The predicted octanol–water partition coefficient (Wildman–Crippen LogP) is 4.04. The summed E-state index contributed by atoms with van der Waals surface area (Å²) in [5, 5.41) is 3.46. The van der Waals surface area contributed by atoms with E-state index in [0.29, 0.717) is 30.0 Å². The zero-order chi connectivity index (χ0) is 15.2. The molecule has 2 aromatic carbocycles. The molecule has 0 aliphatic carbocycles. The minimum atomic E-state index is -0.252. The molecule has 2 rings (SSSR count). The molecule has 0 aliphatic rings. The lowest BCUT2D eigenvalue weighted by Crippen LogP contribution is -2.23. The first-order valence-electron chi connectivity index (χ1n) is 6.81. The van der Waals surface area contributed by atoms with E-state index in [1.54, 1.807) is 13.0 Å². The van der Waals surface area contributed by atoms with Gasteiger partial charge < -0.3 is 5.32 Å². The van der Waals surface area contributed by atoms with E-state index < -0.39 is 0 Å². The Labute approximate surface area is 128 Å². The molecule has 21 heavy (non-hydrogen) atoms. The predicted molar refractivity (Wildman–Crippen MR) is 82.8 cm³/mol. The Hall–Kier alpha value is -1.87. The van der Waals surface area contributed by atoms with Crippen LogP contribution < -0.4 is 5.32 Å². The Balaban J connectivity index is 1.82. The fourth-order valence-corrected chi connectivity index (χ4v) is 2.21. The van der Waals surface area contributed by atoms with Gasteiger partial charge in [-0.05, 0) is 42.2 Å². The second-order valence-corrected chi connectivity index (χ2v) is 5.36. The van der Waals surface area contributed by atoms with Crippen LogP contribution in [0.3, 0.4) is 0 Å². The number of carbonyl (C=O) groups is 1. The van der Waals surface area contributed by atoms with Gasteiger partial charge in [0.2, 0.25) is 5.91 Å². The SMILES string of the molecule is Cc1ccc(CNC(=O)CCc2ccccc2Cl)cc1F. The van der Waals surface area contributed by atoms with Crippen LogP contribution in [0.4, 0.5) is 4.39 Å². The standard InChI is InChI=1S/C17H17ClFNO/c1-12-6-7-13(10-16(12)19)11-20-17(21)9-8-14-4-2-3-5-15(14)18/h2-7,10H,8-9,11H2,1H3,(H,20,21). The zero-order valence-electron chi connectivity index (χ0n) is 11.8. The number of aryl methyl sites for hydroxylation is 2. The van der Waals surface area contributed by atoms with E-state index in [9.17, 15) is 9.18 Å². The summed E-state index contributed by atoms with van der Waals surface area (Å²) in [5.41, 5.74) is 2.31. The van der Waals surface area contributed by atoms with Crippen molar-refractivity contribution in [2.24, 2.45) is 0 Å². The first kappa shape index (κ1) is 15.5. The monoisotopic (exact) mass is 305 g/mol. The fraction of sp³-hybridized carbons (Fsp3) is 0.235.